The molecule has 3 atom stereocenters. The second-order valence-electron chi connectivity index (χ2n) is 6.82. The summed E-state index contributed by atoms with van der Waals surface area (Å²) in [6, 6.07) is 0.454. The van der Waals surface area contributed by atoms with Crippen molar-refractivity contribution in [2.24, 2.45) is 11.8 Å². The zero-order chi connectivity index (χ0) is 14.8. The fourth-order valence-corrected chi connectivity index (χ4v) is 4.57. The van der Waals surface area contributed by atoms with E-state index >= 15 is 0 Å². The van der Waals surface area contributed by atoms with Crippen molar-refractivity contribution in [3.8, 4) is 0 Å². The molecule has 21 heavy (non-hydrogen) atoms. The largest absolute Gasteiger partial charge is 0.394 e. The number of carbonyl (C=O) groups excluding carboxylic acids is 1. The third kappa shape index (κ3) is 2.96. The zero-order valence-corrected chi connectivity index (χ0v) is 13.0. The standard InChI is InChI=1S/C16H28N2O3/c1-21-17-8-6-12(7-9-17)16(20)18-14(11-19)10-13-4-2-3-5-15(13)18/h12-15,19H,2-11H2,1H3/t13-,14-,15-/m0/s1. The van der Waals surface area contributed by atoms with Gasteiger partial charge in [-0.05, 0) is 38.0 Å². The van der Waals surface area contributed by atoms with Crippen molar-refractivity contribution >= 4 is 5.91 Å². The molecule has 1 N–H and O–H groups in total. The average molecular weight is 296 g/mol. The van der Waals surface area contributed by atoms with Gasteiger partial charge in [-0.25, -0.2) is 0 Å². The number of hydrogen-bond acceptors (Lipinski definition) is 4. The molecule has 0 radical (unpaired) electrons. The van der Waals surface area contributed by atoms with Gasteiger partial charge in [-0.15, -0.1) is 0 Å². The third-order valence-electron chi connectivity index (χ3n) is 5.72. The maximum Gasteiger partial charge on any atom is 0.226 e. The predicted molar refractivity (Wildman–Crippen MR) is 79.4 cm³/mol. The van der Waals surface area contributed by atoms with E-state index < -0.39 is 0 Å². The number of piperidine rings is 1. The minimum atomic E-state index is 0.0612. The van der Waals surface area contributed by atoms with Gasteiger partial charge in [-0.2, -0.15) is 5.06 Å². The van der Waals surface area contributed by atoms with Gasteiger partial charge in [0, 0.05) is 25.0 Å². The molecule has 2 aliphatic heterocycles. The van der Waals surface area contributed by atoms with Crippen molar-refractivity contribution in [1.82, 2.24) is 9.96 Å². The normalized spacial score (nSPS) is 35.0. The molecule has 0 aromatic heterocycles. The molecule has 120 valence electrons. The molecule has 2 saturated heterocycles. The molecular formula is C16H28N2O3. The minimum Gasteiger partial charge on any atom is -0.394 e. The molecule has 0 aromatic rings. The highest BCUT2D eigenvalue weighted by molar-refractivity contribution is 5.80. The number of nitrogens with zero attached hydrogens (tertiary/aromatic N) is 2. The Labute approximate surface area is 127 Å². The summed E-state index contributed by atoms with van der Waals surface area (Å²) in [6.45, 7) is 1.78. The Balaban J connectivity index is 1.67. The monoisotopic (exact) mass is 296 g/mol. The number of likely N-dealkylation sites (tertiary alicyclic amines) is 1. The van der Waals surface area contributed by atoms with Crippen molar-refractivity contribution in [3.63, 3.8) is 0 Å². The molecular weight excluding hydrogens is 268 g/mol. The first-order valence-electron chi connectivity index (χ1n) is 8.46. The highest BCUT2D eigenvalue weighted by Crippen LogP contribution is 2.41. The maximum atomic E-state index is 13.0. The van der Waals surface area contributed by atoms with Crippen LogP contribution in [0.5, 0.6) is 0 Å². The van der Waals surface area contributed by atoms with Gasteiger partial charge >= 0.3 is 0 Å². The van der Waals surface area contributed by atoms with E-state index in [-0.39, 0.29) is 18.6 Å². The molecule has 1 saturated carbocycles. The summed E-state index contributed by atoms with van der Waals surface area (Å²) in [6.07, 6.45) is 7.62. The summed E-state index contributed by atoms with van der Waals surface area (Å²) in [4.78, 5) is 20.3. The Hall–Kier alpha value is -0.650. The Bertz CT molecular complexity index is 369. The van der Waals surface area contributed by atoms with Gasteiger partial charge in [0.05, 0.1) is 19.8 Å². The molecule has 0 spiro atoms. The summed E-state index contributed by atoms with van der Waals surface area (Å²) < 4.78 is 0. The molecule has 3 aliphatic rings. The van der Waals surface area contributed by atoms with Gasteiger partial charge < -0.3 is 14.8 Å². The Morgan fingerprint density at radius 3 is 2.57 bits per heavy atom. The molecule has 5 heteroatoms. The molecule has 3 fully saturated rings. The second kappa shape index (κ2) is 6.63. The van der Waals surface area contributed by atoms with Crippen molar-refractivity contribution in [2.45, 2.75) is 57.0 Å². The lowest BCUT2D eigenvalue weighted by Crippen LogP contribution is -2.49. The van der Waals surface area contributed by atoms with E-state index in [9.17, 15) is 9.90 Å². The van der Waals surface area contributed by atoms with Crippen molar-refractivity contribution in [2.75, 3.05) is 26.8 Å². The number of fused-ring (bicyclic) bond motifs is 1. The molecule has 3 rings (SSSR count). The van der Waals surface area contributed by atoms with E-state index in [1.165, 1.54) is 19.3 Å². The van der Waals surface area contributed by atoms with Crippen LogP contribution in [0.15, 0.2) is 0 Å². The first kappa shape index (κ1) is 15.3. The van der Waals surface area contributed by atoms with Crippen molar-refractivity contribution in [1.29, 1.82) is 0 Å². The van der Waals surface area contributed by atoms with E-state index in [1.54, 1.807) is 7.11 Å². The summed E-state index contributed by atoms with van der Waals surface area (Å²) in [5.41, 5.74) is 0. The topological polar surface area (TPSA) is 53.0 Å². The van der Waals surface area contributed by atoms with Crippen LogP contribution in [0.1, 0.15) is 44.9 Å². The highest BCUT2D eigenvalue weighted by atomic mass is 16.7. The second-order valence-corrected chi connectivity index (χ2v) is 6.82. The van der Waals surface area contributed by atoms with Crippen LogP contribution in [0.25, 0.3) is 0 Å². The van der Waals surface area contributed by atoms with Gasteiger partial charge in [0.25, 0.3) is 0 Å². The highest BCUT2D eigenvalue weighted by Gasteiger charge is 2.45. The number of aliphatic hydroxyl groups is 1. The van der Waals surface area contributed by atoms with Gasteiger partial charge in [0.1, 0.15) is 0 Å². The number of hydrogen-bond donors (Lipinski definition) is 1. The molecule has 1 aliphatic carbocycles. The quantitative estimate of drug-likeness (QED) is 0.855. The van der Waals surface area contributed by atoms with Crippen LogP contribution in [0.4, 0.5) is 0 Å². The zero-order valence-electron chi connectivity index (χ0n) is 13.0. The van der Waals surface area contributed by atoms with Crippen LogP contribution in [0, 0.1) is 11.8 Å². The van der Waals surface area contributed by atoms with E-state index in [1.807, 2.05) is 5.06 Å². The number of hydroxylamine groups is 2. The minimum absolute atomic E-state index is 0.0612. The molecule has 0 unspecified atom stereocenters. The third-order valence-corrected chi connectivity index (χ3v) is 5.72. The number of rotatable bonds is 3. The SMILES string of the molecule is CON1CCC(C(=O)N2[C@H](CO)C[C@@H]3CCCC[C@@H]32)CC1. The van der Waals surface area contributed by atoms with Crippen molar-refractivity contribution < 1.29 is 14.7 Å². The van der Waals surface area contributed by atoms with Gasteiger partial charge in [0.2, 0.25) is 5.91 Å². The molecule has 0 aromatic carbocycles. The van der Waals surface area contributed by atoms with E-state index in [0.717, 1.165) is 38.8 Å². The molecule has 1 amide bonds. The Kier molecular flexibility index (Phi) is 4.82. The lowest BCUT2D eigenvalue weighted by molar-refractivity contribution is -0.160. The summed E-state index contributed by atoms with van der Waals surface area (Å²) >= 11 is 0. The fourth-order valence-electron chi connectivity index (χ4n) is 4.57. The molecule has 0 bridgehead atoms. The maximum absolute atomic E-state index is 13.0. The van der Waals surface area contributed by atoms with Crippen LogP contribution in [0.2, 0.25) is 0 Å². The molecule has 2 heterocycles. The smallest absolute Gasteiger partial charge is 0.226 e. The van der Waals surface area contributed by atoms with E-state index in [2.05, 4.69) is 4.90 Å². The number of aliphatic hydroxyl groups excluding tert-OH is 1. The summed E-state index contributed by atoms with van der Waals surface area (Å²) in [5.74, 6) is 1.03. The Morgan fingerprint density at radius 1 is 1.19 bits per heavy atom. The molecule has 5 nitrogen and oxygen atoms in total. The lowest BCUT2D eigenvalue weighted by Gasteiger charge is -2.38. The van der Waals surface area contributed by atoms with Crippen LogP contribution < -0.4 is 0 Å². The Morgan fingerprint density at radius 2 is 1.90 bits per heavy atom. The van der Waals surface area contributed by atoms with Crippen molar-refractivity contribution in [3.05, 3.63) is 0 Å². The van der Waals surface area contributed by atoms with Crippen LogP contribution in [0.3, 0.4) is 0 Å². The summed E-state index contributed by atoms with van der Waals surface area (Å²) in [5, 5.41) is 11.6. The first-order valence-corrected chi connectivity index (χ1v) is 8.46. The number of amides is 1. The average Bonchev–Trinajstić information content (AvgIpc) is 2.92. The fraction of sp³-hybridized carbons (Fsp3) is 0.938. The van der Waals surface area contributed by atoms with Gasteiger partial charge in [-0.3, -0.25) is 4.79 Å². The first-order chi connectivity index (χ1) is 10.2. The van der Waals surface area contributed by atoms with Crippen LogP contribution in [-0.2, 0) is 9.63 Å². The van der Waals surface area contributed by atoms with Gasteiger partial charge in [0.15, 0.2) is 0 Å². The summed E-state index contributed by atoms with van der Waals surface area (Å²) in [7, 11) is 1.69. The van der Waals surface area contributed by atoms with E-state index in [0.29, 0.717) is 17.9 Å². The number of carbonyl (C=O) groups is 1. The van der Waals surface area contributed by atoms with Crippen LogP contribution in [-0.4, -0.2) is 59.9 Å². The van der Waals surface area contributed by atoms with Gasteiger partial charge in [-0.1, -0.05) is 12.8 Å². The van der Waals surface area contributed by atoms with E-state index in [4.69, 9.17) is 4.84 Å². The predicted octanol–water partition coefficient (Wildman–Crippen LogP) is 1.41. The van der Waals surface area contributed by atoms with Crippen LogP contribution >= 0.6 is 0 Å². The lowest BCUT2D eigenvalue weighted by atomic mass is 9.84.